The van der Waals surface area contributed by atoms with Crippen LogP contribution in [0.25, 0.3) is 0 Å². The Kier molecular flexibility index (Phi) is 3.93. The van der Waals surface area contributed by atoms with Crippen LogP contribution in [0.1, 0.15) is 5.56 Å². The number of hydrogen-bond acceptors (Lipinski definition) is 3. The van der Waals surface area contributed by atoms with Crippen molar-refractivity contribution in [1.29, 1.82) is 5.26 Å². The Morgan fingerprint density at radius 1 is 1.20 bits per heavy atom. The van der Waals surface area contributed by atoms with Gasteiger partial charge in [0.1, 0.15) is 16.8 Å². The Labute approximate surface area is 120 Å². The molecular formula is C13H8ClFN2O2S. The number of sulfonamides is 1. The molecule has 0 bridgehead atoms. The predicted octanol–water partition coefficient (Wildman–Crippen LogP) is 3.15. The van der Waals surface area contributed by atoms with Crippen LogP contribution in [0, 0.1) is 17.1 Å². The molecule has 0 aliphatic rings. The number of rotatable bonds is 3. The van der Waals surface area contributed by atoms with Gasteiger partial charge in [-0.05, 0) is 30.3 Å². The van der Waals surface area contributed by atoms with Gasteiger partial charge in [-0.1, -0.05) is 23.7 Å². The fourth-order valence-corrected chi connectivity index (χ4v) is 2.89. The molecule has 0 saturated heterocycles. The standard InChI is InChI=1S/C13H8ClFN2O2S/c14-11-6-5-10(7-12(11)15)17-20(18,19)13-4-2-1-3-9(13)8-16/h1-7,17H. The molecule has 0 aliphatic heterocycles. The molecule has 0 saturated carbocycles. The topological polar surface area (TPSA) is 70.0 Å². The molecule has 2 aromatic rings. The fourth-order valence-electron chi connectivity index (χ4n) is 1.56. The van der Waals surface area contributed by atoms with Crippen molar-refractivity contribution in [2.45, 2.75) is 4.90 Å². The van der Waals surface area contributed by atoms with Crippen LogP contribution in [-0.4, -0.2) is 8.42 Å². The molecule has 2 rings (SSSR count). The summed E-state index contributed by atoms with van der Waals surface area (Å²) < 4.78 is 39.8. The van der Waals surface area contributed by atoms with Crippen LogP contribution >= 0.6 is 11.6 Å². The van der Waals surface area contributed by atoms with Gasteiger partial charge in [-0.3, -0.25) is 4.72 Å². The van der Waals surface area contributed by atoms with Crippen LogP contribution in [-0.2, 0) is 10.0 Å². The summed E-state index contributed by atoms with van der Waals surface area (Å²) in [6.07, 6.45) is 0. The zero-order valence-corrected chi connectivity index (χ0v) is 11.5. The molecule has 4 nitrogen and oxygen atoms in total. The highest BCUT2D eigenvalue weighted by molar-refractivity contribution is 7.92. The molecule has 20 heavy (non-hydrogen) atoms. The maximum atomic E-state index is 13.3. The number of halogens is 2. The van der Waals surface area contributed by atoms with Crippen molar-refractivity contribution in [1.82, 2.24) is 0 Å². The normalized spacial score (nSPS) is 10.8. The van der Waals surface area contributed by atoms with Crippen LogP contribution in [0.2, 0.25) is 5.02 Å². The molecule has 0 spiro atoms. The number of hydrogen-bond donors (Lipinski definition) is 1. The van der Waals surface area contributed by atoms with Crippen LogP contribution in [0.3, 0.4) is 0 Å². The monoisotopic (exact) mass is 310 g/mol. The van der Waals surface area contributed by atoms with Crippen molar-refractivity contribution in [3.63, 3.8) is 0 Å². The lowest BCUT2D eigenvalue weighted by molar-refractivity contribution is 0.601. The summed E-state index contributed by atoms with van der Waals surface area (Å²) in [4.78, 5) is -0.169. The van der Waals surface area contributed by atoms with E-state index >= 15 is 0 Å². The van der Waals surface area contributed by atoms with Crippen molar-refractivity contribution in [2.75, 3.05) is 4.72 Å². The summed E-state index contributed by atoms with van der Waals surface area (Å²) in [5.41, 5.74) is 0.0362. The van der Waals surface area contributed by atoms with Gasteiger partial charge < -0.3 is 0 Å². The zero-order valence-electron chi connectivity index (χ0n) is 9.97. The second kappa shape index (κ2) is 5.49. The first-order valence-electron chi connectivity index (χ1n) is 5.41. The molecule has 0 amide bonds. The average Bonchev–Trinajstić information content (AvgIpc) is 2.42. The fraction of sp³-hybridized carbons (Fsp3) is 0. The summed E-state index contributed by atoms with van der Waals surface area (Å²) in [6.45, 7) is 0. The van der Waals surface area contributed by atoms with Gasteiger partial charge >= 0.3 is 0 Å². The highest BCUT2D eigenvalue weighted by Crippen LogP contribution is 2.22. The van der Waals surface area contributed by atoms with E-state index in [4.69, 9.17) is 16.9 Å². The van der Waals surface area contributed by atoms with E-state index in [-0.39, 0.29) is 21.2 Å². The molecule has 0 unspecified atom stereocenters. The number of nitrogens with one attached hydrogen (secondary N) is 1. The minimum atomic E-state index is -3.97. The van der Waals surface area contributed by atoms with Crippen molar-refractivity contribution in [3.05, 3.63) is 58.9 Å². The zero-order chi connectivity index (χ0) is 14.8. The molecule has 7 heteroatoms. The molecule has 0 fully saturated rings. The molecule has 0 aromatic heterocycles. The van der Waals surface area contributed by atoms with Crippen molar-refractivity contribution in [2.24, 2.45) is 0 Å². The molecule has 1 N–H and O–H groups in total. The lowest BCUT2D eigenvalue weighted by Gasteiger charge is -2.09. The van der Waals surface area contributed by atoms with Gasteiger partial charge in [-0.15, -0.1) is 0 Å². The molecule has 0 aliphatic carbocycles. The summed E-state index contributed by atoms with van der Waals surface area (Å²) in [5, 5.41) is 8.80. The van der Waals surface area contributed by atoms with E-state index in [1.54, 1.807) is 12.1 Å². The van der Waals surface area contributed by atoms with Gasteiger partial charge in [-0.2, -0.15) is 5.26 Å². The minimum Gasteiger partial charge on any atom is -0.279 e. The van der Waals surface area contributed by atoms with Gasteiger partial charge in [0, 0.05) is 0 Å². The van der Waals surface area contributed by atoms with E-state index in [1.807, 2.05) is 0 Å². The number of nitriles is 1. The molecule has 0 radical (unpaired) electrons. The van der Waals surface area contributed by atoms with Crippen LogP contribution < -0.4 is 4.72 Å². The molecule has 0 heterocycles. The summed E-state index contributed by atoms with van der Waals surface area (Å²) in [6, 6.07) is 11.1. The van der Waals surface area contributed by atoms with Crippen LogP contribution in [0.15, 0.2) is 47.4 Å². The lowest BCUT2D eigenvalue weighted by atomic mass is 10.2. The third-order valence-electron chi connectivity index (χ3n) is 2.47. The van der Waals surface area contributed by atoms with Gasteiger partial charge in [0.2, 0.25) is 0 Å². The Morgan fingerprint density at radius 3 is 2.55 bits per heavy atom. The quantitative estimate of drug-likeness (QED) is 0.946. The first-order chi connectivity index (χ1) is 9.44. The Morgan fingerprint density at radius 2 is 1.90 bits per heavy atom. The smallest absolute Gasteiger partial charge is 0.263 e. The molecule has 102 valence electrons. The van der Waals surface area contributed by atoms with E-state index < -0.39 is 15.8 Å². The van der Waals surface area contributed by atoms with Crippen molar-refractivity contribution >= 4 is 27.3 Å². The molecular weight excluding hydrogens is 303 g/mol. The van der Waals surface area contributed by atoms with E-state index in [1.165, 1.54) is 30.3 Å². The van der Waals surface area contributed by atoms with E-state index in [9.17, 15) is 12.8 Å². The van der Waals surface area contributed by atoms with E-state index in [2.05, 4.69) is 4.72 Å². The highest BCUT2D eigenvalue weighted by atomic mass is 35.5. The second-order valence-electron chi connectivity index (χ2n) is 3.84. The Hall–Kier alpha value is -2.10. The summed E-state index contributed by atoms with van der Waals surface area (Å²) >= 11 is 5.52. The Balaban J connectivity index is 2.41. The minimum absolute atomic E-state index is 0.00874. The van der Waals surface area contributed by atoms with E-state index in [0.29, 0.717) is 0 Å². The Bertz CT molecular complexity index is 800. The first-order valence-corrected chi connectivity index (χ1v) is 7.27. The highest BCUT2D eigenvalue weighted by Gasteiger charge is 2.18. The third kappa shape index (κ3) is 2.90. The van der Waals surface area contributed by atoms with Gasteiger partial charge in [0.05, 0.1) is 16.3 Å². The predicted molar refractivity (Wildman–Crippen MR) is 73.4 cm³/mol. The largest absolute Gasteiger partial charge is 0.279 e. The van der Waals surface area contributed by atoms with Crippen LogP contribution in [0.5, 0.6) is 0 Å². The molecule has 2 aromatic carbocycles. The lowest BCUT2D eigenvalue weighted by Crippen LogP contribution is -2.14. The van der Waals surface area contributed by atoms with Crippen LogP contribution in [0.4, 0.5) is 10.1 Å². The first kappa shape index (κ1) is 14.3. The average molecular weight is 311 g/mol. The summed E-state index contributed by atoms with van der Waals surface area (Å²) in [7, 11) is -3.97. The van der Waals surface area contributed by atoms with E-state index in [0.717, 1.165) is 6.07 Å². The maximum absolute atomic E-state index is 13.3. The number of nitrogens with zero attached hydrogens (tertiary/aromatic N) is 1. The van der Waals surface area contributed by atoms with Crippen molar-refractivity contribution < 1.29 is 12.8 Å². The number of benzene rings is 2. The van der Waals surface area contributed by atoms with Gasteiger partial charge in [0.25, 0.3) is 10.0 Å². The van der Waals surface area contributed by atoms with Gasteiger partial charge in [-0.25, -0.2) is 12.8 Å². The maximum Gasteiger partial charge on any atom is 0.263 e. The third-order valence-corrected chi connectivity index (χ3v) is 4.21. The SMILES string of the molecule is N#Cc1ccccc1S(=O)(=O)Nc1ccc(Cl)c(F)c1. The number of anilines is 1. The second-order valence-corrected chi connectivity index (χ2v) is 5.90. The van der Waals surface area contributed by atoms with Crippen molar-refractivity contribution in [3.8, 4) is 6.07 Å². The summed E-state index contributed by atoms with van der Waals surface area (Å²) in [5.74, 6) is -0.736. The van der Waals surface area contributed by atoms with Gasteiger partial charge in [0.15, 0.2) is 0 Å². The molecule has 0 atom stereocenters.